The summed E-state index contributed by atoms with van der Waals surface area (Å²) in [6.45, 7) is 2.72. The third-order valence-corrected chi connectivity index (χ3v) is 10.7. The molecule has 0 aromatic heterocycles. The molecule has 0 amide bonds. The quantitative estimate of drug-likeness (QED) is 0.0644. The second kappa shape index (κ2) is 20.4. The molecule has 64 heavy (non-hydrogen) atoms. The second-order valence-corrected chi connectivity index (χ2v) is 15.4. The molecule has 0 unspecified atom stereocenters. The minimum Gasteiger partial charge on any atom is -0.461 e. The highest BCUT2D eigenvalue weighted by Crippen LogP contribution is 2.27. The number of aromatic nitrogens is 4. The molecular formula is C50H46N4O10. The summed E-state index contributed by atoms with van der Waals surface area (Å²) < 4.78 is 26.9. The van der Waals surface area contributed by atoms with Gasteiger partial charge in [-0.25, -0.2) is 9.78 Å². The van der Waals surface area contributed by atoms with Crippen LogP contribution in [0.2, 0.25) is 0 Å². The highest BCUT2D eigenvalue weighted by molar-refractivity contribution is 5.81. The molecule has 2 heterocycles. The van der Waals surface area contributed by atoms with Crippen LogP contribution in [-0.4, -0.2) is 67.9 Å². The van der Waals surface area contributed by atoms with Crippen LogP contribution >= 0.6 is 0 Å². The van der Waals surface area contributed by atoms with Gasteiger partial charge in [-0.2, -0.15) is 4.98 Å². The van der Waals surface area contributed by atoms with E-state index in [9.17, 15) is 28.8 Å². The zero-order valence-corrected chi connectivity index (χ0v) is 35.5. The predicted octanol–water partition coefficient (Wildman–Crippen LogP) is 5.46. The number of carbonyl (C=O) groups excluding carboxylic acids is 4. The standard InChI is InChI=1S/C50H46N4O10/c1-32-24-38-39(25-33(32)2)54(48-46(51-38)49(59)53(3)50(60)52-48)30-40(62-43(56)27-35-18-10-5-11-19-35)47(64-45(58)29-37-22-14-7-15-23-37)41(63-44(57)28-36-20-12-6-13-21-36)31-61-42(55)26-34-16-8-4-9-17-34/h4-25,40-41,47H,26-31H2,1-3H3/t40-,41+,47-/m0/s1. The third kappa shape index (κ3) is 11.2. The van der Waals surface area contributed by atoms with E-state index in [1.165, 1.54) is 11.6 Å². The van der Waals surface area contributed by atoms with Crippen molar-refractivity contribution in [2.24, 2.45) is 7.05 Å². The van der Waals surface area contributed by atoms with Crippen LogP contribution in [0.5, 0.6) is 0 Å². The molecule has 0 fully saturated rings. The van der Waals surface area contributed by atoms with Crippen molar-refractivity contribution in [2.75, 3.05) is 6.61 Å². The van der Waals surface area contributed by atoms with Gasteiger partial charge in [-0.1, -0.05) is 121 Å². The summed E-state index contributed by atoms with van der Waals surface area (Å²) in [5.74, 6) is -3.09. The summed E-state index contributed by atoms with van der Waals surface area (Å²) in [6.07, 6.45) is -5.53. The van der Waals surface area contributed by atoms with Gasteiger partial charge >= 0.3 is 29.6 Å². The van der Waals surface area contributed by atoms with Crippen LogP contribution in [0.3, 0.4) is 0 Å². The summed E-state index contributed by atoms with van der Waals surface area (Å²) in [4.78, 5) is 91.3. The van der Waals surface area contributed by atoms with Crippen LogP contribution < -0.4 is 11.2 Å². The lowest BCUT2D eigenvalue weighted by molar-refractivity contribution is -0.192. The highest BCUT2D eigenvalue weighted by atomic mass is 16.6. The van der Waals surface area contributed by atoms with E-state index in [0.29, 0.717) is 33.3 Å². The van der Waals surface area contributed by atoms with Crippen LogP contribution in [0, 0.1) is 13.8 Å². The minimum atomic E-state index is -1.66. The Balaban J connectivity index is 1.37. The van der Waals surface area contributed by atoms with Crippen LogP contribution in [0.1, 0.15) is 33.4 Å². The van der Waals surface area contributed by atoms with Gasteiger partial charge in [-0.3, -0.25) is 28.5 Å². The van der Waals surface area contributed by atoms with Crippen molar-refractivity contribution < 1.29 is 38.1 Å². The minimum absolute atomic E-state index is 0.124. The molecule has 7 rings (SSSR count). The lowest BCUT2D eigenvalue weighted by atomic mass is 10.0. The summed E-state index contributed by atoms with van der Waals surface area (Å²) >= 11 is 0. The molecule has 0 aliphatic carbocycles. The molecule has 14 nitrogen and oxygen atoms in total. The van der Waals surface area contributed by atoms with E-state index in [4.69, 9.17) is 18.9 Å². The number of fused-ring (bicyclic) bond motifs is 2. The van der Waals surface area contributed by atoms with Crippen LogP contribution in [-0.2, 0) is 77.4 Å². The fourth-order valence-corrected chi connectivity index (χ4v) is 7.22. The second-order valence-electron chi connectivity index (χ2n) is 15.4. The Bertz CT molecular complexity index is 2850. The van der Waals surface area contributed by atoms with Crippen LogP contribution in [0.15, 0.2) is 143 Å². The van der Waals surface area contributed by atoms with Crippen LogP contribution in [0.4, 0.5) is 0 Å². The first kappa shape index (κ1) is 44.3. The molecule has 0 saturated carbocycles. The van der Waals surface area contributed by atoms with E-state index in [2.05, 4.69) is 9.97 Å². The molecule has 5 aromatic carbocycles. The molecular weight excluding hydrogens is 817 g/mol. The lowest BCUT2D eigenvalue weighted by Crippen LogP contribution is -2.50. The average molecular weight is 863 g/mol. The normalized spacial score (nSPS) is 12.5. The van der Waals surface area contributed by atoms with Crippen molar-refractivity contribution >= 4 is 34.9 Å². The van der Waals surface area contributed by atoms with Gasteiger partial charge in [0, 0.05) is 7.05 Å². The first-order valence-electron chi connectivity index (χ1n) is 20.7. The van der Waals surface area contributed by atoms with Crippen molar-refractivity contribution in [3.8, 4) is 11.5 Å². The number of nitrogens with zero attached hydrogens (tertiary/aromatic N) is 4. The smallest absolute Gasteiger partial charge is 0.352 e. The van der Waals surface area contributed by atoms with Crippen LogP contribution in [0.25, 0.3) is 22.6 Å². The van der Waals surface area contributed by atoms with E-state index in [1.807, 2.05) is 19.9 Å². The molecule has 0 saturated heterocycles. The molecule has 2 aliphatic heterocycles. The molecule has 5 aromatic rings. The zero-order chi connectivity index (χ0) is 45.2. The third-order valence-electron chi connectivity index (χ3n) is 10.7. The Kier molecular flexibility index (Phi) is 14.1. The van der Waals surface area contributed by atoms with Gasteiger partial charge in [0.2, 0.25) is 0 Å². The summed E-state index contributed by atoms with van der Waals surface area (Å²) in [5.41, 5.74) is 3.23. The van der Waals surface area contributed by atoms with Crippen molar-refractivity contribution in [2.45, 2.75) is 64.4 Å². The van der Waals surface area contributed by atoms with Gasteiger partial charge < -0.3 is 23.5 Å². The first-order chi connectivity index (χ1) is 30.9. The number of hydrogen-bond donors (Lipinski definition) is 0. The molecule has 0 N–H and O–H groups in total. The van der Waals surface area contributed by atoms with Crippen molar-refractivity contribution in [3.05, 3.63) is 188 Å². The Labute approximate surface area is 368 Å². The molecule has 0 bridgehead atoms. The summed E-state index contributed by atoms with van der Waals surface area (Å²) in [7, 11) is 1.29. The number of hydrogen-bond acceptors (Lipinski definition) is 12. The molecule has 326 valence electrons. The van der Waals surface area contributed by atoms with Gasteiger partial charge in [0.15, 0.2) is 29.8 Å². The number of rotatable bonds is 17. The van der Waals surface area contributed by atoms with E-state index in [0.717, 1.165) is 15.7 Å². The Morgan fingerprint density at radius 2 is 1.00 bits per heavy atom. The Morgan fingerprint density at radius 1 is 0.562 bits per heavy atom. The van der Waals surface area contributed by atoms with Crippen molar-refractivity contribution in [1.82, 2.24) is 19.1 Å². The lowest BCUT2D eigenvalue weighted by Gasteiger charge is -2.33. The molecule has 0 radical (unpaired) electrons. The zero-order valence-electron chi connectivity index (χ0n) is 35.5. The number of carbonyl (C=O) groups is 4. The maximum atomic E-state index is 14.1. The Hall–Kier alpha value is -7.74. The fourth-order valence-electron chi connectivity index (χ4n) is 7.22. The van der Waals surface area contributed by atoms with Gasteiger partial charge in [0.1, 0.15) is 6.61 Å². The van der Waals surface area contributed by atoms with Crippen molar-refractivity contribution in [1.29, 1.82) is 0 Å². The van der Waals surface area contributed by atoms with E-state index >= 15 is 0 Å². The SMILES string of the molecule is Cc1cc2nc3c(=O)n(C)c(=O)nc-3n(C[C@H](OC(=O)Cc3ccccc3)[C@H](OC(=O)Cc3ccccc3)[C@@H](COC(=O)Cc3ccccc3)OC(=O)Cc3ccccc3)c2cc1C. The maximum absolute atomic E-state index is 14.1. The fraction of sp³-hybridized carbons (Fsp3) is 0.240. The van der Waals surface area contributed by atoms with Gasteiger partial charge in [0.25, 0.3) is 5.56 Å². The van der Waals surface area contributed by atoms with Gasteiger partial charge in [-0.15, -0.1) is 0 Å². The monoisotopic (exact) mass is 862 g/mol. The van der Waals surface area contributed by atoms with E-state index < -0.39 is 66.6 Å². The van der Waals surface area contributed by atoms with E-state index in [1.54, 1.807) is 127 Å². The molecule has 3 atom stereocenters. The summed E-state index contributed by atoms with van der Waals surface area (Å²) in [5, 5.41) is 0. The summed E-state index contributed by atoms with van der Waals surface area (Å²) in [6, 6.07) is 38.9. The number of esters is 4. The van der Waals surface area contributed by atoms with Gasteiger partial charge in [0.05, 0.1) is 43.3 Å². The molecule has 2 aliphatic rings. The largest absolute Gasteiger partial charge is 0.461 e. The Morgan fingerprint density at radius 3 is 1.50 bits per heavy atom. The predicted molar refractivity (Wildman–Crippen MR) is 236 cm³/mol. The highest BCUT2D eigenvalue weighted by Gasteiger charge is 2.41. The maximum Gasteiger partial charge on any atom is 0.352 e. The molecule has 14 heteroatoms. The van der Waals surface area contributed by atoms with E-state index in [-0.39, 0.29) is 37.2 Å². The first-order valence-corrected chi connectivity index (χ1v) is 20.7. The number of benzene rings is 5. The van der Waals surface area contributed by atoms with Gasteiger partial charge in [-0.05, 0) is 59.4 Å². The number of ether oxygens (including phenoxy) is 4. The average Bonchev–Trinajstić information content (AvgIpc) is 3.28. The molecule has 0 spiro atoms. The number of aryl methyl sites for hydroxylation is 2. The topological polar surface area (TPSA) is 175 Å². The van der Waals surface area contributed by atoms with Crippen molar-refractivity contribution in [3.63, 3.8) is 0 Å².